The van der Waals surface area contributed by atoms with E-state index in [-0.39, 0.29) is 0 Å². The van der Waals surface area contributed by atoms with Crippen LogP contribution in [-0.4, -0.2) is 16.3 Å². The third-order valence-corrected chi connectivity index (χ3v) is 3.66. The molecule has 0 unspecified atom stereocenters. The molecule has 17 heavy (non-hydrogen) atoms. The van der Waals surface area contributed by atoms with E-state index in [0.29, 0.717) is 15.6 Å². The molecule has 0 N–H and O–H groups in total. The fourth-order valence-electron chi connectivity index (χ4n) is 1.29. The molecule has 0 spiro atoms. The summed E-state index contributed by atoms with van der Waals surface area (Å²) in [4.78, 5) is 19.0. The van der Waals surface area contributed by atoms with Gasteiger partial charge < -0.3 is 0 Å². The molecule has 0 bridgehead atoms. The van der Waals surface area contributed by atoms with E-state index in [1.54, 1.807) is 30.6 Å². The highest BCUT2D eigenvalue weighted by molar-refractivity contribution is 7.99. The maximum atomic E-state index is 10.6. The van der Waals surface area contributed by atoms with Gasteiger partial charge in [0.1, 0.15) is 10.1 Å². The van der Waals surface area contributed by atoms with E-state index < -0.39 is 0 Å². The summed E-state index contributed by atoms with van der Waals surface area (Å²) in [5.41, 5.74) is 1.50. The minimum atomic E-state index is 0.568. The highest BCUT2D eigenvalue weighted by Gasteiger charge is 2.07. The zero-order valence-corrected chi connectivity index (χ0v) is 10.6. The number of carbonyl (C=O) groups is 1. The van der Waals surface area contributed by atoms with Crippen LogP contribution in [0.5, 0.6) is 0 Å². The van der Waals surface area contributed by atoms with Crippen LogP contribution in [-0.2, 0) is 0 Å². The molecule has 0 amide bonds. The summed E-state index contributed by atoms with van der Waals surface area (Å²) < 4.78 is 0. The molecule has 3 nitrogen and oxygen atoms in total. The molecular formula is C12H9ClN2OS. The summed E-state index contributed by atoms with van der Waals surface area (Å²) in [6.07, 6.45) is 4.00. The summed E-state index contributed by atoms with van der Waals surface area (Å²) in [6.45, 7) is 1.90. The molecule has 0 atom stereocenters. The van der Waals surface area contributed by atoms with E-state index in [1.807, 2.05) is 6.92 Å². The van der Waals surface area contributed by atoms with Crippen molar-refractivity contribution in [1.29, 1.82) is 0 Å². The Labute approximate surface area is 108 Å². The Bertz CT molecular complexity index is 560. The normalized spacial score (nSPS) is 10.2. The second kappa shape index (κ2) is 5.29. The first-order valence-corrected chi connectivity index (χ1v) is 6.10. The third kappa shape index (κ3) is 2.84. The van der Waals surface area contributed by atoms with Crippen LogP contribution in [0, 0.1) is 6.92 Å². The van der Waals surface area contributed by atoms with Crippen LogP contribution in [0.4, 0.5) is 0 Å². The molecule has 0 aliphatic heterocycles. The van der Waals surface area contributed by atoms with E-state index in [0.717, 1.165) is 16.9 Å². The van der Waals surface area contributed by atoms with Crippen LogP contribution in [0.25, 0.3) is 0 Å². The van der Waals surface area contributed by atoms with Crippen molar-refractivity contribution in [2.45, 2.75) is 17.0 Å². The smallest absolute Gasteiger partial charge is 0.151 e. The highest BCUT2D eigenvalue weighted by Crippen LogP contribution is 2.31. The lowest BCUT2D eigenvalue weighted by Crippen LogP contribution is -1.90. The molecule has 0 saturated heterocycles. The summed E-state index contributed by atoms with van der Waals surface area (Å²) in [5.74, 6) is 0. The molecule has 2 aromatic rings. The van der Waals surface area contributed by atoms with E-state index in [9.17, 15) is 4.79 Å². The first-order valence-electron chi connectivity index (χ1n) is 4.91. The fraction of sp³-hybridized carbons (Fsp3) is 0.0833. The van der Waals surface area contributed by atoms with Crippen molar-refractivity contribution >= 4 is 29.6 Å². The molecule has 0 aromatic carbocycles. The number of rotatable bonds is 3. The van der Waals surface area contributed by atoms with E-state index in [4.69, 9.17) is 11.6 Å². The number of aryl methyl sites for hydroxylation is 1. The molecule has 0 radical (unpaired) electrons. The maximum absolute atomic E-state index is 10.6. The van der Waals surface area contributed by atoms with Gasteiger partial charge in [0.15, 0.2) is 6.29 Å². The van der Waals surface area contributed by atoms with Crippen molar-refractivity contribution in [3.05, 3.63) is 46.7 Å². The van der Waals surface area contributed by atoms with Gasteiger partial charge in [0.25, 0.3) is 0 Å². The molecule has 86 valence electrons. The largest absolute Gasteiger partial charge is 0.298 e. The summed E-state index contributed by atoms with van der Waals surface area (Å²) >= 11 is 7.41. The summed E-state index contributed by atoms with van der Waals surface area (Å²) in [6, 6.07) is 5.35. The Hall–Kier alpha value is -1.39. The van der Waals surface area contributed by atoms with Gasteiger partial charge in [-0.25, -0.2) is 9.97 Å². The van der Waals surface area contributed by atoms with Crippen LogP contribution in [0.3, 0.4) is 0 Å². The van der Waals surface area contributed by atoms with Gasteiger partial charge in [-0.2, -0.15) is 0 Å². The van der Waals surface area contributed by atoms with Crippen molar-refractivity contribution in [2.75, 3.05) is 0 Å². The van der Waals surface area contributed by atoms with Gasteiger partial charge >= 0.3 is 0 Å². The van der Waals surface area contributed by atoms with E-state index in [1.165, 1.54) is 11.8 Å². The number of aromatic nitrogens is 2. The van der Waals surface area contributed by atoms with E-state index >= 15 is 0 Å². The van der Waals surface area contributed by atoms with Crippen molar-refractivity contribution in [3.8, 4) is 0 Å². The number of hydrogen-bond acceptors (Lipinski definition) is 4. The Morgan fingerprint density at radius 1 is 1.35 bits per heavy atom. The zero-order chi connectivity index (χ0) is 12.3. The van der Waals surface area contributed by atoms with Gasteiger partial charge in [-0.3, -0.25) is 4.79 Å². The molecule has 2 rings (SSSR count). The molecule has 5 heteroatoms. The number of nitrogens with zero attached hydrogens (tertiary/aromatic N) is 2. The molecule has 2 heterocycles. The van der Waals surface area contributed by atoms with Crippen molar-refractivity contribution in [2.24, 2.45) is 0 Å². The molecule has 0 fully saturated rings. The first-order chi connectivity index (χ1) is 8.20. The Morgan fingerprint density at radius 2 is 2.18 bits per heavy atom. The van der Waals surface area contributed by atoms with Gasteiger partial charge in [0, 0.05) is 18.0 Å². The van der Waals surface area contributed by atoms with Crippen LogP contribution in [0.2, 0.25) is 5.02 Å². The number of aldehydes is 1. The average molecular weight is 265 g/mol. The first kappa shape index (κ1) is 12.1. The summed E-state index contributed by atoms with van der Waals surface area (Å²) in [7, 11) is 0. The Morgan fingerprint density at radius 3 is 2.82 bits per heavy atom. The number of halogens is 1. The predicted octanol–water partition coefficient (Wildman–Crippen LogP) is 3.40. The van der Waals surface area contributed by atoms with Gasteiger partial charge in [-0.15, -0.1) is 0 Å². The quantitative estimate of drug-likeness (QED) is 0.797. The molecule has 0 aliphatic carbocycles. The average Bonchev–Trinajstić information content (AvgIpc) is 2.34. The number of hydrogen-bond donors (Lipinski definition) is 0. The van der Waals surface area contributed by atoms with Gasteiger partial charge in [-0.05, 0) is 42.4 Å². The lowest BCUT2D eigenvalue weighted by molar-refractivity contribution is 0.112. The van der Waals surface area contributed by atoms with Crippen molar-refractivity contribution < 1.29 is 4.79 Å². The minimum Gasteiger partial charge on any atom is -0.298 e. The van der Waals surface area contributed by atoms with Crippen LogP contribution < -0.4 is 0 Å². The third-order valence-electron chi connectivity index (χ3n) is 2.11. The van der Waals surface area contributed by atoms with Crippen LogP contribution >= 0.6 is 23.4 Å². The Balaban J connectivity index is 2.31. The topological polar surface area (TPSA) is 42.9 Å². The van der Waals surface area contributed by atoms with Gasteiger partial charge in [-0.1, -0.05) is 11.6 Å². The molecule has 2 aromatic heterocycles. The Kier molecular flexibility index (Phi) is 3.76. The molecule has 0 aliphatic rings. The lowest BCUT2D eigenvalue weighted by Gasteiger charge is -2.05. The number of carbonyl (C=O) groups excluding carboxylic acids is 1. The second-order valence-corrected chi connectivity index (χ2v) is 4.79. The van der Waals surface area contributed by atoms with Crippen LogP contribution in [0.1, 0.15) is 15.9 Å². The van der Waals surface area contributed by atoms with Crippen LogP contribution in [0.15, 0.2) is 40.6 Å². The fourth-order valence-corrected chi connectivity index (χ4v) is 2.32. The van der Waals surface area contributed by atoms with E-state index in [2.05, 4.69) is 9.97 Å². The van der Waals surface area contributed by atoms with Gasteiger partial charge in [0.2, 0.25) is 0 Å². The SMILES string of the molecule is Cc1cc(C=O)cnc1Sc1ncccc1Cl. The second-order valence-electron chi connectivity index (χ2n) is 3.40. The standard InChI is InChI=1S/C12H9ClN2OS/c1-8-5-9(7-16)6-15-11(8)17-12-10(13)3-2-4-14-12/h2-7H,1H3. The van der Waals surface area contributed by atoms with Crippen molar-refractivity contribution in [1.82, 2.24) is 9.97 Å². The lowest BCUT2D eigenvalue weighted by atomic mass is 10.2. The monoisotopic (exact) mass is 264 g/mol. The molecule has 0 saturated carbocycles. The van der Waals surface area contributed by atoms with Crippen molar-refractivity contribution in [3.63, 3.8) is 0 Å². The zero-order valence-electron chi connectivity index (χ0n) is 9.05. The minimum absolute atomic E-state index is 0.568. The predicted molar refractivity (Wildman–Crippen MR) is 67.7 cm³/mol. The van der Waals surface area contributed by atoms with Gasteiger partial charge in [0.05, 0.1) is 5.02 Å². The molecular weight excluding hydrogens is 256 g/mol. The highest BCUT2D eigenvalue weighted by atomic mass is 35.5. The maximum Gasteiger partial charge on any atom is 0.151 e. The number of pyridine rings is 2. The summed E-state index contributed by atoms with van der Waals surface area (Å²) in [5, 5.41) is 2.11.